The Morgan fingerprint density at radius 3 is 1.77 bits per heavy atom. The molecule has 2 atom stereocenters. The third-order valence-electron chi connectivity index (χ3n) is 8.78. The second-order valence-corrected chi connectivity index (χ2v) is 16.2. The molecule has 2 unspecified atom stereocenters. The molecule has 2 aromatic heterocycles. The molecule has 2 N–H and O–H groups in total. The van der Waals surface area contributed by atoms with Crippen LogP contribution in [-0.4, -0.2) is 13.1 Å². The van der Waals surface area contributed by atoms with E-state index >= 15 is 4.57 Å². The standard InChI is InChI=1S/C38H35N2OPS2/c1-4-40(5-2)29-21-17-27(18-22-29)35-24-33-38(44-35)36(31-14-10-9-11-25(31)3)37-32(42(33,41)30-12-7-6-8-13-30)23-34(43-37)26-15-19-28(39)20-16-26/h6-24,36H,4-5,39H2,1-3H3. The summed E-state index contributed by atoms with van der Waals surface area (Å²) in [5.74, 6) is 0.00761. The first-order valence-electron chi connectivity index (χ1n) is 15.1. The maximum atomic E-state index is 15.9. The number of hydrogen-bond acceptors (Lipinski definition) is 5. The molecular formula is C38H35N2OPS2. The van der Waals surface area contributed by atoms with Gasteiger partial charge in [-0.2, -0.15) is 0 Å². The molecule has 6 aromatic rings. The van der Waals surface area contributed by atoms with Crippen LogP contribution in [0.3, 0.4) is 0 Å². The van der Waals surface area contributed by atoms with Crippen molar-refractivity contribution in [2.75, 3.05) is 23.7 Å². The molecule has 3 heterocycles. The lowest BCUT2D eigenvalue weighted by atomic mass is 9.91. The van der Waals surface area contributed by atoms with E-state index in [0.29, 0.717) is 0 Å². The molecule has 6 heteroatoms. The molecular weight excluding hydrogens is 596 g/mol. The van der Waals surface area contributed by atoms with Crippen LogP contribution in [-0.2, 0) is 4.57 Å². The third-order valence-corrected chi connectivity index (χ3v) is 14.7. The minimum atomic E-state index is -3.17. The Hall–Kier alpha value is -3.89. The smallest absolute Gasteiger partial charge is 0.173 e. The lowest BCUT2D eigenvalue weighted by Gasteiger charge is -2.30. The number of nitrogens with zero attached hydrogens (tertiary/aromatic N) is 1. The van der Waals surface area contributed by atoms with Gasteiger partial charge in [0.1, 0.15) is 0 Å². The number of rotatable bonds is 7. The van der Waals surface area contributed by atoms with E-state index < -0.39 is 7.14 Å². The van der Waals surface area contributed by atoms with Crippen LogP contribution >= 0.6 is 29.8 Å². The first kappa shape index (κ1) is 28.9. The van der Waals surface area contributed by atoms with Crippen molar-refractivity contribution in [2.45, 2.75) is 26.7 Å². The SMILES string of the molecule is CCN(CC)c1ccc(-c2cc3c(s2)C(c2ccccc2C)c2sc(-c4ccc(N)cc4)cc2P3(=O)c2ccccc2)cc1. The predicted molar refractivity (Wildman–Crippen MR) is 193 cm³/mol. The molecule has 0 aliphatic carbocycles. The average Bonchev–Trinajstić information content (AvgIpc) is 3.71. The van der Waals surface area contributed by atoms with Crippen LogP contribution < -0.4 is 26.5 Å². The van der Waals surface area contributed by atoms with E-state index in [0.717, 1.165) is 55.6 Å². The first-order valence-corrected chi connectivity index (χ1v) is 18.5. The van der Waals surface area contributed by atoms with Crippen molar-refractivity contribution in [1.29, 1.82) is 0 Å². The van der Waals surface area contributed by atoms with E-state index in [9.17, 15) is 0 Å². The Morgan fingerprint density at radius 2 is 1.23 bits per heavy atom. The molecule has 0 fully saturated rings. The largest absolute Gasteiger partial charge is 0.399 e. The fraction of sp³-hybridized carbons (Fsp3) is 0.158. The molecule has 4 aromatic carbocycles. The zero-order valence-electron chi connectivity index (χ0n) is 25.2. The van der Waals surface area contributed by atoms with Crippen molar-refractivity contribution in [3.8, 4) is 20.9 Å². The van der Waals surface area contributed by atoms with Crippen LogP contribution in [0.1, 0.15) is 40.6 Å². The van der Waals surface area contributed by atoms with Crippen molar-refractivity contribution < 1.29 is 4.57 Å². The van der Waals surface area contributed by atoms with Crippen LogP contribution in [0.4, 0.5) is 11.4 Å². The highest BCUT2D eigenvalue weighted by Crippen LogP contribution is 2.58. The Labute approximate surface area is 268 Å². The topological polar surface area (TPSA) is 46.3 Å². The van der Waals surface area contributed by atoms with Crippen LogP contribution in [0.15, 0.2) is 115 Å². The summed E-state index contributed by atoms with van der Waals surface area (Å²) < 4.78 is 15.9. The fourth-order valence-electron chi connectivity index (χ4n) is 6.41. The molecule has 0 amide bonds. The second-order valence-electron chi connectivity index (χ2n) is 11.3. The molecule has 0 saturated heterocycles. The lowest BCUT2D eigenvalue weighted by Crippen LogP contribution is -2.33. The summed E-state index contributed by atoms with van der Waals surface area (Å²) in [6, 6.07) is 40.1. The minimum Gasteiger partial charge on any atom is -0.399 e. The van der Waals surface area contributed by atoms with Crippen molar-refractivity contribution in [3.05, 3.63) is 136 Å². The molecule has 0 bridgehead atoms. The summed E-state index contributed by atoms with van der Waals surface area (Å²) in [4.78, 5) is 7.00. The van der Waals surface area contributed by atoms with Crippen LogP contribution in [0.2, 0.25) is 0 Å². The quantitative estimate of drug-likeness (QED) is 0.141. The van der Waals surface area contributed by atoms with Crippen molar-refractivity contribution in [1.82, 2.24) is 0 Å². The summed E-state index contributed by atoms with van der Waals surface area (Å²) in [6.07, 6.45) is 0. The van der Waals surface area contributed by atoms with Crippen LogP contribution in [0.5, 0.6) is 0 Å². The van der Waals surface area contributed by atoms with Gasteiger partial charge in [0, 0.05) is 59.9 Å². The van der Waals surface area contributed by atoms with Gasteiger partial charge in [-0.05, 0) is 79.4 Å². The van der Waals surface area contributed by atoms with Gasteiger partial charge in [0.2, 0.25) is 0 Å². The number of aryl methyl sites for hydroxylation is 1. The highest BCUT2D eigenvalue weighted by atomic mass is 32.1. The summed E-state index contributed by atoms with van der Waals surface area (Å²) in [6.45, 7) is 8.52. The van der Waals surface area contributed by atoms with Gasteiger partial charge >= 0.3 is 0 Å². The first-order chi connectivity index (χ1) is 21.4. The number of nitrogen functional groups attached to an aromatic ring is 1. The normalized spacial score (nSPS) is 17.2. The van der Waals surface area contributed by atoms with Crippen LogP contribution in [0.25, 0.3) is 20.9 Å². The molecule has 1 aliphatic rings. The second kappa shape index (κ2) is 11.6. The Morgan fingerprint density at radius 1 is 0.705 bits per heavy atom. The van der Waals surface area contributed by atoms with E-state index in [2.05, 4.69) is 98.5 Å². The van der Waals surface area contributed by atoms with Gasteiger partial charge in [-0.15, -0.1) is 22.7 Å². The summed E-state index contributed by atoms with van der Waals surface area (Å²) in [5.41, 5.74) is 12.8. The highest BCUT2D eigenvalue weighted by molar-refractivity contribution is 7.86. The molecule has 0 radical (unpaired) electrons. The van der Waals surface area contributed by atoms with Gasteiger partial charge in [-0.1, -0.05) is 78.9 Å². The van der Waals surface area contributed by atoms with Gasteiger partial charge in [0.15, 0.2) is 7.14 Å². The van der Waals surface area contributed by atoms with Crippen molar-refractivity contribution in [2.24, 2.45) is 0 Å². The fourth-order valence-corrected chi connectivity index (χ4v) is 13.0. The lowest BCUT2D eigenvalue weighted by molar-refractivity contribution is 0.592. The summed E-state index contributed by atoms with van der Waals surface area (Å²) >= 11 is 3.57. The summed E-state index contributed by atoms with van der Waals surface area (Å²) in [5, 5.41) is 2.81. The van der Waals surface area contributed by atoms with Gasteiger partial charge in [-0.25, -0.2) is 0 Å². The van der Waals surface area contributed by atoms with Gasteiger partial charge < -0.3 is 15.2 Å². The maximum absolute atomic E-state index is 15.9. The van der Waals surface area contributed by atoms with Gasteiger partial charge in [-0.3, -0.25) is 0 Å². The Kier molecular flexibility index (Phi) is 7.58. The zero-order chi connectivity index (χ0) is 30.4. The molecule has 3 nitrogen and oxygen atoms in total. The number of fused-ring (bicyclic) bond motifs is 2. The van der Waals surface area contributed by atoms with Crippen molar-refractivity contribution in [3.63, 3.8) is 0 Å². The molecule has 7 rings (SSSR count). The number of anilines is 2. The molecule has 1 aliphatic heterocycles. The zero-order valence-corrected chi connectivity index (χ0v) is 27.7. The highest BCUT2D eigenvalue weighted by Gasteiger charge is 2.45. The molecule has 44 heavy (non-hydrogen) atoms. The van der Waals surface area contributed by atoms with Gasteiger partial charge in [0.25, 0.3) is 0 Å². The predicted octanol–water partition coefficient (Wildman–Crippen LogP) is 9.01. The average molecular weight is 631 g/mol. The Balaban J connectivity index is 1.48. The van der Waals surface area contributed by atoms with E-state index in [1.54, 1.807) is 22.7 Å². The number of thiophene rings is 2. The number of benzene rings is 4. The molecule has 0 saturated carbocycles. The van der Waals surface area contributed by atoms with E-state index in [1.165, 1.54) is 26.6 Å². The molecule has 0 spiro atoms. The van der Waals surface area contributed by atoms with Crippen molar-refractivity contribution >= 4 is 57.1 Å². The van der Waals surface area contributed by atoms with Crippen LogP contribution in [0, 0.1) is 6.92 Å². The maximum Gasteiger partial charge on any atom is 0.173 e. The van der Waals surface area contributed by atoms with E-state index in [4.69, 9.17) is 5.73 Å². The monoisotopic (exact) mass is 630 g/mol. The minimum absolute atomic E-state index is 0.00761. The third kappa shape index (κ3) is 4.75. The summed E-state index contributed by atoms with van der Waals surface area (Å²) in [7, 11) is -3.17. The van der Waals surface area contributed by atoms with E-state index in [1.807, 2.05) is 42.5 Å². The van der Waals surface area contributed by atoms with E-state index in [-0.39, 0.29) is 5.92 Å². The molecule has 220 valence electrons. The number of hydrogen-bond donors (Lipinski definition) is 1. The number of nitrogens with two attached hydrogens (primary N) is 1. The Bertz CT molecular complexity index is 1990. The van der Waals surface area contributed by atoms with Gasteiger partial charge in [0.05, 0.1) is 5.92 Å².